The fraction of sp³-hybridized carbons (Fsp3) is 0.562. The Balaban J connectivity index is 1.66. The summed E-state index contributed by atoms with van der Waals surface area (Å²) in [6.45, 7) is 0.856. The highest BCUT2D eigenvalue weighted by Crippen LogP contribution is 2.22. The Hall–Kier alpha value is -1.02. The molecule has 104 valence electrons. The van der Waals surface area contributed by atoms with Crippen molar-refractivity contribution in [1.82, 2.24) is 5.32 Å². The number of hydrogen-bond donors (Lipinski definition) is 1. The van der Waals surface area contributed by atoms with Gasteiger partial charge < -0.3 is 5.32 Å². The molecule has 1 amide bonds. The molecule has 0 radical (unpaired) electrons. The molecule has 2 rings (SSSR count). The smallest absolute Gasteiger partial charge is 0.220 e. The van der Waals surface area contributed by atoms with Gasteiger partial charge in [-0.2, -0.15) is 0 Å². The summed E-state index contributed by atoms with van der Waals surface area (Å²) >= 11 is 5.92. The predicted octanol–water partition coefficient (Wildman–Crippen LogP) is 3.97. The molecule has 19 heavy (non-hydrogen) atoms. The lowest BCUT2D eigenvalue weighted by Crippen LogP contribution is -2.30. The van der Waals surface area contributed by atoms with Gasteiger partial charge in [-0.05, 0) is 42.9 Å². The first-order valence-corrected chi connectivity index (χ1v) is 7.63. The van der Waals surface area contributed by atoms with Crippen molar-refractivity contribution >= 4 is 17.5 Å². The molecule has 0 aromatic heterocycles. The fourth-order valence-electron chi connectivity index (χ4n) is 2.69. The van der Waals surface area contributed by atoms with Crippen LogP contribution in [0.1, 0.15) is 44.1 Å². The molecule has 0 heterocycles. The highest BCUT2D eigenvalue weighted by molar-refractivity contribution is 6.30. The van der Waals surface area contributed by atoms with Gasteiger partial charge in [0.25, 0.3) is 0 Å². The monoisotopic (exact) mass is 279 g/mol. The Morgan fingerprint density at radius 1 is 1.26 bits per heavy atom. The number of nitrogens with one attached hydrogen (secondary N) is 1. The summed E-state index contributed by atoms with van der Waals surface area (Å²) in [7, 11) is 0. The van der Waals surface area contributed by atoms with Gasteiger partial charge in [-0.3, -0.25) is 4.79 Å². The molecule has 1 aliphatic carbocycles. The van der Waals surface area contributed by atoms with Crippen molar-refractivity contribution in [3.05, 3.63) is 34.9 Å². The van der Waals surface area contributed by atoms with E-state index in [0.717, 1.165) is 23.6 Å². The predicted molar refractivity (Wildman–Crippen MR) is 79.4 cm³/mol. The molecule has 2 nitrogen and oxygen atoms in total. The number of rotatable bonds is 5. The molecule has 0 atom stereocenters. The number of aryl methyl sites for hydroxylation is 1. The molecule has 0 spiro atoms. The van der Waals surface area contributed by atoms with Crippen LogP contribution in [0.3, 0.4) is 0 Å². The SMILES string of the molecule is O=C(CCc1cccc(Cl)c1)NCC1CCCCC1. The summed E-state index contributed by atoms with van der Waals surface area (Å²) in [5.41, 5.74) is 1.13. The third-order valence-electron chi connectivity index (χ3n) is 3.84. The van der Waals surface area contributed by atoms with Gasteiger partial charge in [0.05, 0.1) is 0 Å². The molecule has 1 aromatic rings. The summed E-state index contributed by atoms with van der Waals surface area (Å²) in [6, 6.07) is 7.72. The number of halogens is 1. The van der Waals surface area contributed by atoms with Crippen LogP contribution in [-0.4, -0.2) is 12.5 Å². The van der Waals surface area contributed by atoms with Crippen LogP contribution in [0, 0.1) is 5.92 Å². The molecule has 1 aliphatic rings. The summed E-state index contributed by atoms with van der Waals surface area (Å²) in [5, 5.41) is 3.80. The molecule has 0 saturated heterocycles. The number of carbonyl (C=O) groups excluding carboxylic acids is 1. The Kier molecular flexibility index (Phi) is 5.71. The second-order valence-electron chi connectivity index (χ2n) is 5.44. The first-order valence-electron chi connectivity index (χ1n) is 7.25. The molecular weight excluding hydrogens is 258 g/mol. The lowest BCUT2D eigenvalue weighted by molar-refractivity contribution is -0.121. The zero-order chi connectivity index (χ0) is 13.5. The van der Waals surface area contributed by atoms with Gasteiger partial charge in [-0.1, -0.05) is 43.0 Å². The molecule has 3 heteroatoms. The maximum absolute atomic E-state index is 11.8. The van der Waals surface area contributed by atoms with E-state index in [4.69, 9.17) is 11.6 Å². The van der Waals surface area contributed by atoms with E-state index in [0.29, 0.717) is 12.3 Å². The third kappa shape index (κ3) is 5.23. The summed E-state index contributed by atoms with van der Waals surface area (Å²) in [6.07, 6.45) is 7.86. The van der Waals surface area contributed by atoms with Crippen molar-refractivity contribution in [3.63, 3.8) is 0 Å². The van der Waals surface area contributed by atoms with Crippen LogP contribution in [0.25, 0.3) is 0 Å². The van der Waals surface area contributed by atoms with Gasteiger partial charge >= 0.3 is 0 Å². The average Bonchev–Trinajstić information content (AvgIpc) is 2.44. The standard InChI is InChI=1S/C16H22ClNO/c17-15-8-4-7-13(11-15)9-10-16(19)18-12-14-5-2-1-3-6-14/h4,7-8,11,14H,1-3,5-6,9-10,12H2,(H,18,19). The van der Waals surface area contributed by atoms with Crippen LogP contribution in [0.5, 0.6) is 0 Å². The molecule has 1 fully saturated rings. The molecule has 0 bridgehead atoms. The molecule has 0 aliphatic heterocycles. The molecule has 1 N–H and O–H groups in total. The largest absolute Gasteiger partial charge is 0.356 e. The second kappa shape index (κ2) is 7.54. The van der Waals surface area contributed by atoms with Crippen LogP contribution < -0.4 is 5.32 Å². The molecule has 1 aromatic carbocycles. The Morgan fingerprint density at radius 3 is 2.79 bits per heavy atom. The van der Waals surface area contributed by atoms with Gasteiger partial charge in [0.2, 0.25) is 5.91 Å². The first kappa shape index (κ1) is 14.4. The van der Waals surface area contributed by atoms with E-state index in [-0.39, 0.29) is 5.91 Å². The Morgan fingerprint density at radius 2 is 2.05 bits per heavy atom. The van der Waals surface area contributed by atoms with Gasteiger partial charge in [-0.25, -0.2) is 0 Å². The van der Waals surface area contributed by atoms with Gasteiger partial charge in [-0.15, -0.1) is 0 Å². The topological polar surface area (TPSA) is 29.1 Å². The quantitative estimate of drug-likeness (QED) is 0.868. The minimum absolute atomic E-state index is 0.158. The van der Waals surface area contributed by atoms with E-state index < -0.39 is 0 Å². The molecule has 0 unspecified atom stereocenters. The van der Waals surface area contributed by atoms with Crippen LogP contribution in [0.2, 0.25) is 5.02 Å². The Labute approximate surface area is 120 Å². The van der Waals surface area contributed by atoms with E-state index in [1.807, 2.05) is 24.3 Å². The number of amides is 1. The van der Waals surface area contributed by atoms with Crippen molar-refractivity contribution in [1.29, 1.82) is 0 Å². The maximum Gasteiger partial charge on any atom is 0.220 e. The van der Waals surface area contributed by atoms with E-state index in [1.165, 1.54) is 32.1 Å². The zero-order valence-electron chi connectivity index (χ0n) is 11.3. The minimum Gasteiger partial charge on any atom is -0.356 e. The summed E-state index contributed by atoms with van der Waals surface area (Å²) in [5.74, 6) is 0.856. The summed E-state index contributed by atoms with van der Waals surface area (Å²) in [4.78, 5) is 11.8. The highest BCUT2D eigenvalue weighted by Gasteiger charge is 2.14. The summed E-state index contributed by atoms with van der Waals surface area (Å²) < 4.78 is 0. The molecular formula is C16H22ClNO. The van der Waals surface area contributed by atoms with Crippen molar-refractivity contribution in [2.75, 3.05) is 6.54 Å². The van der Waals surface area contributed by atoms with E-state index >= 15 is 0 Å². The van der Waals surface area contributed by atoms with Crippen molar-refractivity contribution in [3.8, 4) is 0 Å². The average molecular weight is 280 g/mol. The number of benzene rings is 1. The third-order valence-corrected chi connectivity index (χ3v) is 4.08. The van der Waals surface area contributed by atoms with Gasteiger partial charge in [0.1, 0.15) is 0 Å². The normalized spacial score (nSPS) is 16.3. The van der Waals surface area contributed by atoms with Crippen LogP contribution in [0.15, 0.2) is 24.3 Å². The van der Waals surface area contributed by atoms with E-state index in [2.05, 4.69) is 5.32 Å². The van der Waals surface area contributed by atoms with Crippen LogP contribution in [0.4, 0.5) is 0 Å². The zero-order valence-corrected chi connectivity index (χ0v) is 12.1. The lowest BCUT2D eigenvalue weighted by Gasteiger charge is -2.21. The van der Waals surface area contributed by atoms with E-state index in [9.17, 15) is 4.79 Å². The van der Waals surface area contributed by atoms with Crippen molar-refractivity contribution < 1.29 is 4.79 Å². The van der Waals surface area contributed by atoms with E-state index in [1.54, 1.807) is 0 Å². The maximum atomic E-state index is 11.8. The highest BCUT2D eigenvalue weighted by atomic mass is 35.5. The van der Waals surface area contributed by atoms with Gasteiger partial charge in [0, 0.05) is 18.0 Å². The van der Waals surface area contributed by atoms with Crippen molar-refractivity contribution in [2.24, 2.45) is 5.92 Å². The van der Waals surface area contributed by atoms with Crippen LogP contribution >= 0.6 is 11.6 Å². The minimum atomic E-state index is 0.158. The fourth-order valence-corrected chi connectivity index (χ4v) is 2.90. The molecule has 1 saturated carbocycles. The Bertz CT molecular complexity index is 413. The van der Waals surface area contributed by atoms with Gasteiger partial charge in [0.15, 0.2) is 0 Å². The van der Waals surface area contributed by atoms with Crippen molar-refractivity contribution in [2.45, 2.75) is 44.9 Å². The number of hydrogen-bond acceptors (Lipinski definition) is 1. The first-order chi connectivity index (χ1) is 9.24. The second-order valence-corrected chi connectivity index (χ2v) is 5.87. The lowest BCUT2D eigenvalue weighted by atomic mass is 9.89. The number of carbonyl (C=O) groups is 1. The van der Waals surface area contributed by atoms with Crippen LogP contribution in [-0.2, 0) is 11.2 Å².